The van der Waals surface area contributed by atoms with Crippen LogP contribution in [-0.2, 0) is 11.3 Å². The molecule has 0 saturated carbocycles. The number of carboxylic acids is 1. The van der Waals surface area contributed by atoms with Gasteiger partial charge in [0.15, 0.2) is 0 Å². The first kappa shape index (κ1) is 15.7. The van der Waals surface area contributed by atoms with E-state index in [2.05, 4.69) is 42.1 Å². The Bertz CT molecular complexity index is 399. The van der Waals surface area contributed by atoms with Gasteiger partial charge in [0.1, 0.15) is 0 Å². The summed E-state index contributed by atoms with van der Waals surface area (Å²) in [5.41, 5.74) is 1.18. The van der Waals surface area contributed by atoms with Crippen LogP contribution >= 0.6 is 0 Å². The molecule has 0 aliphatic carbocycles. The minimum atomic E-state index is -0.726. The molecule has 0 atom stereocenters. The average Bonchev–Trinajstić information content (AvgIpc) is 2.75. The zero-order valence-corrected chi connectivity index (χ0v) is 12.3. The number of carbonyl (C=O) groups is 1. The fourth-order valence-corrected chi connectivity index (χ4v) is 2.08. The molecule has 0 unspecified atom stereocenters. The number of nitrogens with zero attached hydrogens (tertiary/aromatic N) is 3. The van der Waals surface area contributed by atoms with Crippen LogP contribution in [0.2, 0.25) is 0 Å². The maximum Gasteiger partial charge on any atom is 0.303 e. The maximum absolute atomic E-state index is 10.6. The lowest BCUT2D eigenvalue weighted by Gasteiger charge is -2.27. The summed E-state index contributed by atoms with van der Waals surface area (Å²) in [5, 5.41) is 8.71. The van der Waals surface area contributed by atoms with Crippen LogP contribution in [0, 0.1) is 0 Å². The molecule has 1 aromatic heterocycles. The molecule has 1 rings (SSSR count). The van der Waals surface area contributed by atoms with Crippen LogP contribution in [0.4, 0.5) is 0 Å². The second-order valence-corrected chi connectivity index (χ2v) is 5.45. The predicted octanol–water partition coefficient (Wildman–Crippen LogP) is 2.54. The van der Waals surface area contributed by atoms with Crippen molar-refractivity contribution in [1.82, 2.24) is 14.5 Å². The van der Waals surface area contributed by atoms with Crippen LogP contribution in [0.1, 0.15) is 52.3 Å². The second-order valence-electron chi connectivity index (χ2n) is 5.45. The highest BCUT2D eigenvalue weighted by molar-refractivity contribution is 5.66. The molecule has 0 aliphatic heterocycles. The molecule has 0 aromatic carbocycles. The normalized spacial score (nSPS) is 11.7. The van der Waals surface area contributed by atoms with Crippen molar-refractivity contribution < 1.29 is 9.90 Å². The Labute approximate surface area is 115 Å². The lowest BCUT2D eigenvalue weighted by atomic mass is 10.2. The van der Waals surface area contributed by atoms with E-state index in [4.69, 9.17) is 5.11 Å². The monoisotopic (exact) mass is 267 g/mol. The van der Waals surface area contributed by atoms with Gasteiger partial charge < -0.3 is 9.67 Å². The minimum absolute atomic E-state index is 0.229. The van der Waals surface area contributed by atoms with Crippen molar-refractivity contribution in [3.05, 3.63) is 18.2 Å². The van der Waals surface area contributed by atoms with Gasteiger partial charge in [0.25, 0.3) is 0 Å². The van der Waals surface area contributed by atoms with Crippen LogP contribution in [0.3, 0.4) is 0 Å². The summed E-state index contributed by atoms with van der Waals surface area (Å²) in [6.07, 6.45) is 4.67. The predicted molar refractivity (Wildman–Crippen MR) is 75.0 cm³/mol. The standard InChI is InChI=1S/C14H25N3O2/c1-11(2)16(7-5-6-14(18)19)9-13-8-15-10-17(13)12(3)4/h8,10-12H,5-7,9H2,1-4H3,(H,18,19). The molecule has 0 bridgehead atoms. The number of carboxylic acid groups (broad SMARTS) is 1. The third-order valence-electron chi connectivity index (χ3n) is 3.23. The Balaban J connectivity index is 2.62. The number of hydrogen-bond acceptors (Lipinski definition) is 3. The molecule has 5 heteroatoms. The molecule has 19 heavy (non-hydrogen) atoms. The highest BCUT2D eigenvalue weighted by Crippen LogP contribution is 2.13. The van der Waals surface area contributed by atoms with Gasteiger partial charge in [-0.2, -0.15) is 0 Å². The smallest absolute Gasteiger partial charge is 0.303 e. The number of imidazole rings is 1. The van der Waals surface area contributed by atoms with Gasteiger partial charge in [-0.15, -0.1) is 0 Å². The Morgan fingerprint density at radius 2 is 2.11 bits per heavy atom. The van der Waals surface area contributed by atoms with E-state index in [9.17, 15) is 4.79 Å². The number of aliphatic carboxylic acids is 1. The van der Waals surface area contributed by atoms with E-state index < -0.39 is 5.97 Å². The molecular weight excluding hydrogens is 242 g/mol. The van der Waals surface area contributed by atoms with Gasteiger partial charge in [-0.3, -0.25) is 9.69 Å². The van der Waals surface area contributed by atoms with Crippen LogP contribution in [-0.4, -0.2) is 38.1 Å². The number of aromatic nitrogens is 2. The van der Waals surface area contributed by atoms with Gasteiger partial charge in [0, 0.05) is 31.2 Å². The van der Waals surface area contributed by atoms with Crippen molar-refractivity contribution in [2.75, 3.05) is 6.54 Å². The van der Waals surface area contributed by atoms with Crippen LogP contribution in [0.25, 0.3) is 0 Å². The SMILES string of the molecule is CC(C)N(CCCC(=O)O)Cc1cncn1C(C)C. The highest BCUT2D eigenvalue weighted by atomic mass is 16.4. The van der Waals surface area contributed by atoms with Crippen molar-refractivity contribution in [3.63, 3.8) is 0 Å². The molecule has 0 spiro atoms. The van der Waals surface area contributed by atoms with E-state index in [0.29, 0.717) is 18.5 Å². The first-order valence-electron chi connectivity index (χ1n) is 6.88. The Kier molecular flexibility index (Phi) is 6.02. The van der Waals surface area contributed by atoms with Gasteiger partial charge in [-0.05, 0) is 40.7 Å². The summed E-state index contributed by atoms with van der Waals surface area (Å²) in [4.78, 5) is 17.1. The molecule has 1 N–H and O–H groups in total. The number of hydrogen-bond donors (Lipinski definition) is 1. The van der Waals surface area contributed by atoms with Crippen molar-refractivity contribution in [3.8, 4) is 0 Å². The van der Waals surface area contributed by atoms with E-state index in [-0.39, 0.29) is 6.42 Å². The summed E-state index contributed by atoms with van der Waals surface area (Å²) in [5.74, 6) is -0.726. The first-order valence-corrected chi connectivity index (χ1v) is 6.88. The summed E-state index contributed by atoms with van der Waals surface area (Å²) >= 11 is 0. The third-order valence-corrected chi connectivity index (χ3v) is 3.23. The topological polar surface area (TPSA) is 58.4 Å². The van der Waals surface area contributed by atoms with E-state index in [1.54, 1.807) is 0 Å². The molecule has 0 aliphatic rings. The molecule has 108 valence electrons. The second kappa shape index (κ2) is 7.28. The van der Waals surface area contributed by atoms with E-state index in [1.165, 1.54) is 5.69 Å². The maximum atomic E-state index is 10.6. The van der Waals surface area contributed by atoms with Crippen LogP contribution < -0.4 is 0 Å². The molecule has 5 nitrogen and oxygen atoms in total. The van der Waals surface area contributed by atoms with Crippen LogP contribution in [0.5, 0.6) is 0 Å². The Morgan fingerprint density at radius 3 is 2.63 bits per heavy atom. The van der Waals surface area contributed by atoms with Gasteiger partial charge >= 0.3 is 5.97 Å². The summed E-state index contributed by atoms with van der Waals surface area (Å²) in [6.45, 7) is 10.2. The molecular formula is C14H25N3O2. The first-order chi connectivity index (χ1) is 8.91. The minimum Gasteiger partial charge on any atom is -0.481 e. The van der Waals surface area contributed by atoms with Crippen LogP contribution in [0.15, 0.2) is 12.5 Å². The zero-order valence-electron chi connectivity index (χ0n) is 12.3. The largest absolute Gasteiger partial charge is 0.481 e. The fraction of sp³-hybridized carbons (Fsp3) is 0.714. The van der Waals surface area contributed by atoms with Gasteiger partial charge in [0.05, 0.1) is 12.0 Å². The fourth-order valence-electron chi connectivity index (χ4n) is 2.08. The third kappa shape index (κ3) is 5.03. The molecule has 0 fully saturated rings. The van der Waals surface area contributed by atoms with Crippen molar-refractivity contribution >= 4 is 5.97 Å². The molecule has 0 amide bonds. The van der Waals surface area contributed by atoms with Gasteiger partial charge in [-0.25, -0.2) is 4.98 Å². The summed E-state index contributed by atoms with van der Waals surface area (Å²) < 4.78 is 2.16. The van der Waals surface area contributed by atoms with E-state index >= 15 is 0 Å². The average molecular weight is 267 g/mol. The number of rotatable bonds is 8. The quantitative estimate of drug-likeness (QED) is 0.786. The van der Waals surface area contributed by atoms with E-state index in [1.807, 2.05) is 12.5 Å². The molecule has 0 saturated heterocycles. The van der Waals surface area contributed by atoms with Gasteiger partial charge in [0.2, 0.25) is 0 Å². The lowest BCUT2D eigenvalue weighted by Crippen LogP contribution is -2.32. The van der Waals surface area contributed by atoms with Gasteiger partial charge in [-0.1, -0.05) is 0 Å². The highest BCUT2D eigenvalue weighted by Gasteiger charge is 2.14. The van der Waals surface area contributed by atoms with Crippen molar-refractivity contribution in [2.24, 2.45) is 0 Å². The molecule has 1 aromatic rings. The molecule has 0 radical (unpaired) electrons. The molecule has 1 heterocycles. The van der Waals surface area contributed by atoms with E-state index in [0.717, 1.165) is 13.1 Å². The Morgan fingerprint density at radius 1 is 1.42 bits per heavy atom. The van der Waals surface area contributed by atoms with Crippen molar-refractivity contribution in [2.45, 2.75) is 59.2 Å². The van der Waals surface area contributed by atoms with Crippen molar-refractivity contribution in [1.29, 1.82) is 0 Å². The summed E-state index contributed by atoms with van der Waals surface area (Å²) in [6, 6.07) is 0.787. The summed E-state index contributed by atoms with van der Waals surface area (Å²) in [7, 11) is 0. The Hall–Kier alpha value is -1.36. The lowest BCUT2D eigenvalue weighted by molar-refractivity contribution is -0.137. The zero-order chi connectivity index (χ0) is 14.4.